The van der Waals surface area contributed by atoms with E-state index in [4.69, 9.17) is 16.3 Å². The Labute approximate surface area is 143 Å². The molecule has 1 aliphatic rings. The van der Waals surface area contributed by atoms with Crippen molar-refractivity contribution in [2.24, 2.45) is 0 Å². The van der Waals surface area contributed by atoms with E-state index in [0.29, 0.717) is 5.56 Å². The zero-order chi connectivity index (χ0) is 17.4. The van der Waals surface area contributed by atoms with E-state index in [-0.39, 0.29) is 16.5 Å². The lowest BCUT2D eigenvalue weighted by molar-refractivity contribution is -0.142. The summed E-state index contributed by atoms with van der Waals surface area (Å²) < 4.78 is 5.34. The zero-order valence-electron chi connectivity index (χ0n) is 12.9. The number of aromatic hydroxyl groups is 1. The number of carboxylic acids is 1. The third-order valence-corrected chi connectivity index (χ3v) is 4.77. The largest absolute Gasteiger partial charge is 0.506 e. The minimum absolute atomic E-state index is 0.0722. The van der Waals surface area contributed by atoms with E-state index in [9.17, 15) is 19.8 Å². The molecule has 1 amide bonds. The second-order valence-electron chi connectivity index (χ2n) is 6.14. The van der Waals surface area contributed by atoms with Crippen LogP contribution in [0, 0.1) is 0 Å². The van der Waals surface area contributed by atoms with Gasteiger partial charge in [0.1, 0.15) is 22.8 Å². The summed E-state index contributed by atoms with van der Waals surface area (Å²) in [6, 6.07) is 3.57. The molecule has 1 fully saturated rings. The average Bonchev–Trinajstić information content (AvgIpc) is 2.85. The molecule has 1 heterocycles. The SMILES string of the molecule is CC(C)(C)OC(=O)N1C(C(=O)O)CSC1c1ccc(O)c(Cl)c1. The van der Waals surface area contributed by atoms with E-state index in [1.54, 1.807) is 26.8 Å². The van der Waals surface area contributed by atoms with Crippen molar-refractivity contribution in [3.05, 3.63) is 28.8 Å². The molecule has 1 aromatic rings. The summed E-state index contributed by atoms with van der Waals surface area (Å²) in [6.07, 6.45) is -0.691. The van der Waals surface area contributed by atoms with Crippen LogP contribution in [0.25, 0.3) is 0 Å². The Morgan fingerprint density at radius 2 is 2.04 bits per heavy atom. The highest BCUT2D eigenvalue weighted by Gasteiger charge is 2.44. The maximum absolute atomic E-state index is 12.5. The first-order valence-corrected chi connectivity index (χ1v) is 8.37. The normalized spacial score (nSPS) is 21.3. The summed E-state index contributed by atoms with van der Waals surface area (Å²) in [5.41, 5.74) is -0.0997. The van der Waals surface area contributed by atoms with Gasteiger partial charge in [0.2, 0.25) is 0 Å². The van der Waals surface area contributed by atoms with Gasteiger partial charge in [0.15, 0.2) is 0 Å². The van der Waals surface area contributed by atoms with Crippen molar-refractivity contribution in [2.75, 3.05) is 5.75 Å². The Hall–Kier alpha value is -1.60. The number of phenols is 1. The molecule has 6 nitrogen and oxygen atoms in total. The molecule has 2 rings (SSSR count). The first-order valence-electron chi connectivity index (χ1n) is 6.94. The highest BCUT2D eigenvalue weighted by molar-refractivity contribution is 7.99. The number of thioether (sulfide) groups is 1. The second-order valence-corrected chi connectivity index (χ2v) is 7.66. The molecule has 2 unspecified atom stereocenters. The van der Waals surface area contributed by atoms with Gasteiger partial charge in [-0.05, 0) is 38.5 Å². The van der Waals surface area contributed by atoms with Gasteiger partial charge in [-0.3, -0.25) is 4.90 Å². The number of halogens is 1. The monoisotopic (exact) mass is 359 g/mol. The summed E-state index contributed by atoms with van der Waals surface area (Å²) in [6.45, 7) is 5.16. The number of phenolic OH excluding ortho intramolecular Hbond substituents is 1. The number of hydrogen-bond acceptors (Lipinski definition) is 5. The van der Waals surface area contributed by atoms with Crippen molar-refractivity contribution in [1.29, 1.82) is 0 Å². The van der Waals surface area contributed by atoms with Crippen LogP contribution >= 0.6 is 23.4 Å². The number of carbonyl (C=O) groups excluding carboxylic acids is 1. The Morgan fingerprint density at radius 3 is 2.57 bits per heavy atom. The predicted molar refractivity (Wildman–Crippen MR) is 87.8 cm³/mol. The molecule has 1 aromatic carbocycles. The van der Waals surface area contributed by atoms with Crippen LogP contribution < -0.4 is 0 Å². The number of carbonyl (C=O) groups is 2. The number of amides is 1. The number of rotatable bonds is 2. The smallest absolute Gasteiger partial charge is 0.412 e. The summed E-state index contributed by atoms with van der Waals surface area (Å²) in [7, 11) is 0. The number of nitrogens with zero attached hydrogens (tertiary/aromatic N) is 1. The minimum Gasteiger partial charge on any atom is -0.506 e. The fourth-order valence-corrected chi connectivity index (χ4v) is 3.76. The average molecular weight is 360 g/mol. The second kappa shape index (κ2) is 6.49. The molecule has 0 aliphatic carbocycles. The summed E-state index contributed by atoms with van der Waals surface area (Å²) >= 11 is 7.23. The van der Waals surface area contributed by atoms with Gasteiger partial charge < -0.3 is 14.9 Å². The highest BCUT2D eigenvalue weighted by atomic mass is 35.5. The minimum atomic E-state index is -1.09. The lowest BCUT2D eigenvalue weighted by atomic mass is 10.1. The van der Waals surface area contributed by atoms with Crippen LogP contribution in [-0.2, 0) is 9.53 Å². The fraction of sp³-hybridized carbons (Fsp3) is 0.467. The van der Waals surface area contributed by atoms with Gasteiger partial charge in [-0.15, -0.1) is 11.8 Å². The lowest BCUT2D eigenvalue weighted by Gasteiger charge is -2.30. The Balaban J connectivity index is 2.35. The molecule has 8 heteroatoms. The van der Waals surface area contributed by atoms with Crippen LogP contribution in [0.1, 0.15) is 31.7 Å². The molecular weight excluding hydrogens is 342 g/mol. The number of ether oxygens (including phenoxy) is 1. The summed E-state index contributed by atoms with van der Waals surface area (Å²) in [4.78, 5) is 25.1. The van der Waals surface area contributed by atoms with E-state index in [0.717, 1.165) is 0 Å². The lowest BCUT2D eigenvalue weighted by Crippen LogP contribution is -2.45. The van der Waals surface area contributed by atoms with Gasteiger partial charge in [0.05, 0.1) is 5.02 Å². The number of aliphatic carboxylic acids is 1. The predicted octanol–water partition coefficient (Wildman–Crippen LogP) is 3.48. The van der Waals surface area contributed by atoms with Crippen molar-refractivity contribution in [2.45, 2.75) is 37.8 Å². The Morgan fingerprint density at radius 1 is 1.39 bits per heavy atom. The fourth-order valence-electron chi connectivity index (χ4n) is 2.17. The van der Waals surface area contributed by atoms with Crippen LogP contribution in [0.2, 0.25) is 5.02 Å². The summed E-state index contributed by atoms with van der Waals surface area (Å²) in [5.74, 6) is -0.912. The van der Waals surface area contributed by atoms with Gasteiger partial charge >= 0.3 is 12.1 Å². The maximum Gasteiger partial charge on any atom is 0.412 e. The molecule has 23 heavy (non-hydrogen) atoms. The first-order chi connectivity index (χ1) is 10.6. The van der Waals surface area contributed by atoms with Crippen molar-refractivity contribution in [3.63, 3.8) is 0 Å². The van der Waals surface area contributed by atoms with Gasteiger partial charge in [-0.1, -0.05) is 17.7 Å². The summed E-state index contributed by atoms with van der Waals surface area (Å²) in [5, 5.41) is 18.5. The van der Waals surface area contributed by atoms with Crippen LogP contribution in [-0.4, -0.2) is 44.6 Å². The van der Waals surface area contributed by atoms with Gasteiger partial charge in [0, 0.05) is 5.75 Å². The molecule has 0 saturated carbocycles. The van der Waals surface area contributed by atoms with Crippen LogP contribution in [0.5, 0.6) is 5.75 Å². The molecule has 126 valence electrons. The van der Waals surface area contributed by atoms with E-state index < -0.39 is 29.1 Å². The molecule has 0 spiro atoms. The number of carboxylic acid groups (broad SMARTS) is 1. The standard InChI is InChI=1S/C15H18ClNO5S/c1-15(2,3)22-14(21)17-10(13(19)20)7-23-12(17)8-4-5-11(18)9(16)6-8/h4-6,10,12,18H,7H2,1-3H3,(H,19,20). The van der Waals surface area contributed by atoms with Crippen molar-refractivity contribution < 1.29 is 24.5 Å². The molecule has 2 atom stereocenters. The number of hydrogen-bond donors (Lipinski definition) is 2. The van der Waals surface area contributed by atoms with Crippen molar-refractivity contribution in [3.8, 4) is 5.75 Å². The topological polar surface area (TPSA) is 87.1 Å². The molecular formula is C15H18ClNO5S. The Kier molecular flexibility index (Phi) is 5.01. The van der Waals surface area contributed by atoms with Crippen LogP contribution in [0.3, 0.4) is 0 Å². The molecule has 1 saturated heterocycles. The van der Waals surface area contributed by atoms with E-state index in [2.05, 4.69) is 0 Å². The van der Waals surface area contributed by atoms with Crippen molar-refractivity contribution >= 4 is 35.4 Å². The van der Waals surface area contributed by atoms with Gasteiger partial charge in [-0.25, -0.2) is 9.59 Å². The third kappa shape index (κ3) is 4.03. The first kappa shape index (κ1) is 17.7. The van der Waals surface area contributed by atoms with Crippen LogP contribution in [0.15, 0.2) is 18.2 Å². The molecule has 0 aromatic heterocycles. The third-order valence-electron chi connectivity index (χ3n) is 3.15. The maximum atomic E-state index is 12.5. The van der Waals surface area contributed by atoms with Gasteiger partial charge in [0.25, 0.3) is 0 Å². The molecule has 2 N–H and O–H groups in total. The highest BCUT2D eigenvalue weighted by Crippen LogP contribution is 2.43. The zero-order valence-corrected chi connectivity index (χ0v) is 14.5. The van der Waals surface area contributed by atoms with E-state index >= 15 is 0 Å². The molecule has 0 radical (unpaired) electrons. The van der Waals surface area contributed by atoms with E-state index in [1.165, 1.54) is 28.8 Å². The quantitative estimate of drug-likeness (QED) is 0.840. The Bertz CT molecular complexity index is 631. The molecule has 0 bridgehead atoms. The van der Waals surface area contributed by atoms with E-state index in [1.807, 2.05) is 0 Å². The molecule has 1 aliphatic heterocycles. The van der Waals surface area contributed by atoms with Crippen LogP contribution in [0.4, 0.5) is 4.79 Å². The van der Waals surface area contributed by atoms with Gasteiger partial charge in [-0.2, -0.15) is 0 Å². The van der Waals surface area contributed by atoms with Crippen molar-refractivity contribution in [1.82, 2.24) is 4.90 Å². The number of benzene rings is 1.